The van der Waals surface area contributed by atoms with Crippen molar-refractivity contribution >= 4 is 24.4 Å². The van der Waals surface area contributed by atoms with Crippen LogP contribution in [-0.4, -0.2) is 24.1 Å². The fraction of sp³-hybridized carbons (Fsp3) is 0.667. The van der Waals surface area contributed by atoms with E-state index in [1.807, 2.05) is 0 Å². The lowest BCUT2D eigenvalue weighted by Crippen LogP contribution is -2.27. The third-order valence-electron chi connectivity index (χ3n) is 1.03. The standard InChI is InChI=1S/C6H12N2O2S/c7-5(9)1-3-8-6(10)2-4-11/h11H,1-4H2,(H2,7,9)(H,8,10). The number of hydrogen-bond acceptors (Lipinski definition) is 3. The minimum Gasteiger partial charge on any atom is -0.370 e. The monoisotopic (exact) mass is 176 g/mol. The molecular formula is C6H12N2O2S. The number of nitrogens with one attached hydrogen (secondary N) is 1. The van der Waals surface area contributed by atoms with E-state index in [2.05, 4.69) is 17.9 Å². The molecular weight excluding hydrogens is 164 g/mol. The molecule has 0 aliphatic heterocycles. The summed E-state index contributed by atoms with van der Waals surface area (Å²) in [6, 6.07) is 0. The summed E-state index contributed by atoms with van der Waals surface area (Å²) in [6.07, 6.45) is 0.570. The maximum absolute atomic E-state index is 10.7. The van der Waals surface area contributed by atoms with Crippen molar-refractivity contribution in [3.05, 3.63) is 0 Å². The Labute approximate surface area is 70.9 Å². The molecule has 2 amide bonds. The van der Waals surface area contributed by atoms with Crippen LogP contribution in [0, 0.1) is 0 Å². The molecule has 0 spiro atoms. The molecule has 11 heavy (non-hydrogen) atoms. The summed E-state index contributed by atoms with van der Waals surface area (Å²) in [5.41, 5.74) is 4.85. The van der Waals surface area contributed by atoms with Crippen LogP contribution in [0.5, 0.6) is 0 Å². The third kappa shape index (κ3) is 7.18. The van der Waals surface area contributed by atoms with Gasteiger partial charge in [-0.3, -0.25) is 9.59 Å². The molecule has 0 saturated heterocycles. The summed E-state index contributed by atoms with van der Waals surface area (Å²) in [4.78, 5) is 20.9. The molecule has 0 aliphatic carbocycles. The Bertz CT molecular complexity index is 150. The summed E-state index contributed by atoms with van der Waals surface area (Å²) in [6.45, 7) is 0.321. The van der Waals surface area contributed by atoms with Gasteiger partial charge in [-0.05, 0) is 5.75 Å². The Morgan fingerprint density at radius 2 is 2.00 bits per heavy atom. The maximum atomic E-state index is 10.7. The van der Waals surface area contributed by atoms with E-state index in [-0.39, 0.29) is 12.3 Å². The lowest BCUT2D eigenvalue weighted by Gasteiger charge is -2.00. The van der Waals surface area contributed by atoms with Gasteiger partial charge in [0.25, 0.3) is 0 Å². The van der Waals surface area contributed by atoms with Crippen molar-refractivity contribution in [3.63, 3.8) is 0 Å². The number of rotatable bonds is 5. The van der Waals surface area contributed by atoms with E-state index in [1.165, 1.54) is 0 Å². The van der Waals surface area contributed by atoms with Gasteiger partial charge in [0, 0.05) is 19.4 Å². The number of hydrogen-bond donors (Lipinski definition) is 3. The number of primary amides is 1. The SMILES string of the molecule is NC(=O)CCNC(=O)CCS. The van der Waals surface area contributed by atoms with Gasteiger partial charge in [0.15, 0.2) is 0 Å². The van der Waals surface area contributed by atoms with E-state index in [0.29, 0.717) is 18.7 Å². The zero-order valence-corrected chi connectivity index (χ0v) is 7.06. The van der Waals surface area contributed by atoms with Crippen LogP contribution in [0.2, 0.25) is 0 Å². The van der Waals surface area contributed by atoms with Crippen LogP contribution in [0.15, 0.2) is 0 Å². The molecule has 0 aromatic rings. The van der Waals surface area contributed by atoms with Crippen molar-refractivity contribution < 1.29 is 9.59 Å². The molecule has 5 heteroatoms. The number of carbonyl (C=O) groups is 2. The lowest BCUT2D eigenvalue weighted by atomic mass is 10.4. The summed E-state index contributed by atoms with van der Waals surface area (Å²) in [7, 11) is 0. The second-order valence-corrected chi connectivity index (χ2v) is 2.49. The summed E-state index contributed by atoms with van der Waals surface area (Å²) >= 11 is 3.87. The quantitative estimate of drug-likeness (QED) is 0.485. The van der Waals surface area contributed by atoms with Crippen molar-refractivity contribution in [2.24, 2.45) is 5.73 Å². The normalized spacial score (nSPS) is 9.18. The first-order chi connectivity index (χ1) is 5.16. The Balaban J connectivity index is 3.24. The molecule has 0 atom stereocenters. The van der Waals surface area contributed by atoms with Crippen LogP contribution < -0.4 is 11.1 Å². The molecule has 0 fully saturated rings. The Morgan fingerprint density at radius 3 is 2.45 bits per heavy atom. The molecule has 0 saturated carbocycles. The van der Waals surface area contributed by atoms with E-state index >= 15 is 0 Å². The van der Waals surface area contributed by atoms with Gasteiger partial charge < -0.3 is 11.1 Å². The van der Waals surface area contributed by atoms with Crippen LogP contribution in [0.4, 0.5) is 0 Å². The lowest BCUT2D eigenvalue weighted by molar-refractivity contribution is -0.121. The molecule has 0 rings (SSSR count). The van der Waals surface area contributed by atoms with E-state index < -0.39 is 5.91 Å². The second kappa shape index (κ2) is 6.03. The highest BCUT2D eigenvalue weighted by Crippen LogP contribution is 1.83. The van der Waals surface area contributed by atoms with Crippen LogP contribution in [0.3, 0.4) is 0 Å². The van der Waals surface area contributed by atoms with Gasteiger partial charge in [0.05, 0.1) is 0 Å². The molecule has 0 aliphatic rings. The highest BCUT2D eigenvalue weighted by atomic mass is 32.1. The van der Waals surface area contributed by atoms with Gasteiger partial charge in [-0.1, -0.05) is 0 Å². The fourth-order valence-corrected chi connectivity index (χ4v) is 0.718. The highest BCUT2D eigenvalue weighted by Gasteiger charge is 1.98. The first kappa shape index (κ1) is 10.3. The summed E-state index contributed by atoms with van der Waals surface area (Å²) in [5.74, 6) is 0.0139. The van der Waals surface area contributed by atoms with Gasteiger partial charge in [-0.15, -0.1) is 0 Å². The second-order valence-electron chi connectivity index (χ2n) is 2.04. The molecule has 0 heterocycles. The first-order valence-electron chi connectivity index (χ1n) is 3.32. The summed E-state index contributed by atoms with van der Waals surface area (Å²) < 4.78 is 0. The fourth-order valence-electron chi connectivity index (χ4n) is 0.515. The van der Waals surface area contributed by atoms with Crippen LogP contribution in [-0.2, 0) is 9.59 Å². The third-order valence-corrected chi connectivity index (χ3v) is 1.26. The minimum absolute atomic E-state index is 0.0961. The smallest absolute Gasteiger partial charge is 0.220 e. The van der Waals surface area contributed by atoms with E-state index in [0.717, 1.165) is 0 Å². The molecule has 3 N–H and O–H groups in total. The predicted octanol–water partition coefficient (Wildman–Crippen LogP) is -0.702. The molecule has 0 bridgehead atoms. The van der Waals surface area contributed by atoms with Gasteiger partial charge in [0.2, 0.25) is 11.8 Å². The molecule has 0 aromatic heterocycles. The number of amides is 2. The van der Waals surface area contributed by atoms with Crippen molar-refractivity contribution in [3.8, 4) is 0 Å². The van der Waals surface area contributed by atoms with Gasteiger partial charge in [-0.2, -0.15) is 12.6 Å². The van der Waals surface area contributed by atoms with Crippen LogP contribution in [0.1, 0.15) is 12.8 Å². The Hall–Kier alpha value is -0.710. The molecule has 0 radical (unpaired) electrons. The van der Waals surface area contributed by atoms with E-state index in [9.17, 15) is 9.59 Å². The number of nitrogens with two attached hydrogens (primary N) is 1. The van der Waals surface area contributed by atoms with Crippen molar-refractivity contribution in [2.45, 2.75) is 12.8 Å². The van der Waals surface area contributed by atoms with Crippen LogP contribution >= 0.6 is 12.6 Å². The van der Waals surface area contributed by atoms with E-state index in [1.54, 1.807) is 0 Å². The molecule has 0 aromatic carbocycles. The highest BCUT2D eigenvalue weighted by molar-refractivity contribution is 7.80. The molecule has 0 unspecified atom stereocenters. The van der Waals surface area contributed by atoms with Crippen molar-refractivity contribution in [1.29, 1.82) is 0 Å². The van der Waals surface area contributed by atoms with Gasteiger partial charge in [0.1, 0.15) is 0 Å². The van der Waals surface area contributed by atoms with Crippen molar-refractivity contribution in [2.75, 3.05) is 12.3 Å². The Kier molecular flexibility index (Phi) is 5.64. The molecule has 64 valence electrons. The number of carbonyl (C=O) groups excluding carboxylic acids is 2. The van der Waals surface area contributed by atoms with Crippen LogP contribution in [0.25, 0.3) is 0 Å². The van der Waals surface area contributed by atoms with Gasteiger partial charge in [-0.25, -0.2) is 0 Å². The maximum Gasteiger partial charge on any atom is 0.220 e. The predicted molar refractivity (Wildman–Crippen MR) is 45.3 cm³/mol. The summed E-state index contributed by atoms with van der Waals surface area (Å²) in [5, 5.41) is 2.53. The largest absolute Gasteiger partial charge is 0.370 e. The average Bonchev–Trinajstić information content (AvgIpc) is 1.87. The zero-order valence-electron chi connectivity index (χ0n) is 6.17. The van der Waals surface area contributed by atoms with Gasteiger partial charge >= 0.3 is 0 Å². The topological polar surface area (TPSA) is 72.2 Å². The Morgan fingerprint density at radius 1 is 1.36 bits per heavy atom. The van der Waals surface area contributed by atoms with E-state index in [4.69, 9.17) is 5.73 Å². The average molecular weight is 176 g/mol. The first-order valence-corrected chi connectivity index (χ1v) is 3.96. The number of thiol groups is 1. The van der Waals surface area contributed by atoms with Crippen molar-refractivity contribution in [1.82, 2.24) is 5.32 Å². The zero-order chi connectivity index (χ0) is 8.69. The molecule has 4 nitrogen and oxygen atoms in total. The minimum atomic E-state index is -0.406.